The lowest BCUT2D eigenvalue weighted by atomic mass is 9.74. The molecule has 0 saturated heterocycles. The molecule has 0 saturated carbocycles. The van der Waals surface area contributed by atoms with Gasteiger partial charge in [-0.3, -0.25) is 0 Å². The molecule has 0 unspecified atom stereocenters. The number of hydrogen-bond donors (Lipinski definition) is 0. The Morgan fingerprint density at radius 3 is 0.946 bits per heavy atom. The first-order valence-electron chi connectivity index (χ1n) is 31.5. The van der Waals surface area contributed by atoms with Crippen LogP contribution in [-0.4, -0.2) is 18.3 Å². The lowest BCUT2D eigenvalue weighted by Crippen LogP contribution is -2.35. The fourth-order valence-corrected chi connectivity index (χ4v) is 16.4. The minimum Gasteiger partial charge on any atom is -0.455 e. The van der Waals surface area contributed by atoms with Gasteiger partial charge in [-0.15, -0.1) is 0 Å². The van der Waals surface area contributed by atoms with Crippen LogP contribution in [0.5, 0.6) is 0 Å². The summed E-state index contributed by atoms with van der Waals surface area (Å²) in [5.41, 5.74) is 16.0. The highest BCUT2D eigenvalue weighted by Crippen LogP contribution is 2.58. The van der Waals surface area contributed by atoms with E-state index in [1.54, 1.807) is 24.3 Å². The molecule has 0 radical (unpaired) electrons. The van der Waals surface area contributed by atoms with Crippen molar-refractivity contribution < 1.29 is 17.6 Å². The smallest absolute Gasteiger partial charge is 0.145 e. The van der Waals surface area contributed by atoms with Crippen molar-refractivity contribution in [3.8, 4) is 33.6 Å². The molecule has 6 aromatic heterocycles. The van der Waals surface area contributed by atoms with Crippen LogP contribution in [0, 0.1) is 11.6 Å². The molecule has 6 nitrogen and oxygen atoms in total. The second kappa shape index (κ2) is 19.0. The normalized spacial score (nSPS) is 12.7. The quantitative estimate of drug-likeness (QED) is 0.152. The first-order valence-corrected chi connectivity index (χ1v) is 31.5. The lowest BCUT2D eigenvalue weighted by Gasteiger charge is -2.41. The summed E-state index contributed by atoms with van der Waals surface area (Å²) in [4.78, 5) is 0. The van der Waals surface area contributed by atoms with E-state index in [9.17, 15) is 0 Å². The van der Waals surface area contributed by atoms with Gasteiger partial charge in [-0.2, -0.15) is 0 Å². The van der Waals surface area contributed by atoms with Crippen LogP contribution in [0.4, 0.5) is 8.78 Å². The zero-order valence-corrected chi connectivity index (χ0v) is 50.8. The maximum Gasteiger partial charge on any atom is 0.145 e. The highest BCUT2D eigenvalue weighted by molar-refractivity contribution is 6.26. The van der Waals surface area contributed by atoms with Gasteiger partial charge in [0.25, 0.3) is 0 Å². The van der Waals surface area contributed by atoms with Crippen LogP contribution < -0.4 is 0 Å². The summed E-state index contributed by atoms with van der Waals surface area (Å²) in [6.45, 7) is 9.40. The number of rotatable bonds is 8. The van der Waals surface area contributed by atoms with Gasteiger partial charge in [0.1, 0.15) is 34.0 Å². The van der Waals surface area contributed by atoms with Crippen LogP contribution in [0.2, 0.25) is 0 Å². The third-order valence-corrected chi connectivity index (χ3v) is 20.0. The average molecular weight is 1190 g/mol. The van der Waals surface area contributed by atoms with Crippen molar-refractivity contribution in [1.29, 1.82) is 0 Å². The van der Waals surface area contributed by atoms with Crippen LogP contribution in [0.1, 0.15) is 38.8 Å². The average Bonchev–Trinajstić information content (AvgIpc) is 1.26. The fourth-order valence-electron chi connectivity index (χ4n) is 16.4. The van der Waals surface area contributed by atoms with E-state index in [1.807, 2.05) is 48.5 Å². The Hall–Kier alpha value is -11.5. The molecular weight excluding hydrogens is 1130 g/mol. The van der Waals surface area contributed by atoms with E-state index >= 15 is 8.78 Å². The molecule has 13 aromatic carbocycles. The van der Waals surface area contributed by atoms with Crippen LogP contribution in [0.25, 0.3) is 165 Å². The van der Waals surface area contributed by atoms with Gasteiger partial charge in [0.2, 0.25) is 0 Å². The Kier molecular flexibility index (Phi) is 10.8. The number of benzene rings is 13. The Morgan fingerprint density at radius 2 is 0.576 bits per heavy atom. The van der Waals surface area contributed by atoms with E-state index in [0.717, 1.165) is 176 Å². The van der Waals surface area contributed by atoms with Gasteiger partial charge < -0.3 is 27.1 Å². The van der Waals surface area contributed by atoms with Crippen molar-refractivity contribution in [3.63, 3.8) is 0 Å². The zero-order valence-electron chi connectivity index (χ0n) is 50.8. The molecule has 0 atom stereocenters. The third-order valence-electron chi connectivity index (χ3n) is 20.0. The summed E-state index contributed by atoms with van der Waals surface area (Å²) in [6.07, 6.45) is 0. The van der Waals surface area contributed by atoms with Crippen LogP contribution >= 0.6 is 0 Å². The number of hydrogen-bond acceptors (Lipinski definition) is 2. The van der Waals surface area contributed by atoms with Gasteiger partial charge in [0, 0.05) is 92.6 Å². The molecule has 92 heavy (non-hydrogen) atoms. The molecule has 0 aliphatic heterocycles. The number of halogens is 2. The SMILES string of the molecule is CC(C)(c1c(-c2ccc(F)cc2)c(-n2c3ccccc3c3c4oc5ccccc5c4ccc32)c(C(C)(C)n2c3ccccc3c3ccccc32)c(-n2c3ccccc3c3c4oc5ccccc5c4ccc32)c1-c1ccc(F)cc1)n1c2ccccc2c2ccccc21. The number of aromatic nitrogens is 4. The van der Waals surface area contributed by atoms with Crippen molar-refractivity contribution >= 4 is 131 Å². The molecule has 8 heteroatoms. The molecule has 19 rings (SSSR count). The van der Waals surface area contributed by atoms with E-state index in [0.29, 0.717) is 0 Å². The topological polar surface area (TPSA) is 46.0 Å². The van der Waals surface area contributed by atoms with Gasteiger partial charge in [-0.1, -0.05) is 170 Å². The summed E-state index contributed by atoms with van der Waals surface area (Å²) < 4.78 is 56.9. The van der Waals surface area contributed by atoms with E-state index in [4.69, 9.17) is 8.83 Å². The third kappa shape index (κ3) is 7.06. The number of furan rings is 2. The Morgan fingerprint density at radius 1 is 0.272 bits per heavy atom. The second-order valence-corrected chi connectivity index (χ2v) is 25.6. The van der Waals surface area contributed by atoms with Gasteiger partial charge in [-0.05, 0) is 141 Å². The van der Waals surface area contributed by atoms with Crippen molar-refractivity contribution in [3.05, 3.63) is 290 Å². The molecule has 0 spiro atoms. The van der Waals surface area contributed by atoms with Crippen molar-refractivity contribution in [2.45, 2.75) is 38.8 Å². The summed E-state index contributed by atoms with van der Waals surface area (Å²) in [6, 6.07) is 92.0. The van der Waals surface area contributed by atoms with Crippen molar-refractivity contribution in [2.24, 2.45) is 0 Å². The summed E-state index contributed by atoms with van der Waals surface area (Å²) in [5, 5.41) is 12.5. The zero-order chi connectivity index (χ0) is 61.5. The molecule has 0 amide bonds. The Labute approximate surface area is 526 Å². The molecule has 438 valence electrons. The summed E-state index contributed by atoms with van der Waals surface area (Å²) in [5.74, 6) is -0.711. The Balaban J connectivity index is 1.15. The van der Waals surface area contributed by atoms with Crippen LogP contribution in [-0.2, 0) is 11.1 Å². The standard InChI is InChI=1S/C84H56F2N4O2/c1-83(2,89-65-31-15-5-21-53(65)54-22-6-16-32-66(54)89)77-73(49-37-41-51(85)42-38-49)79(87-63-29-13-9-27-61(63)75-69(87)47-45-59-57-25-11-19-35-71(57)91-81(59)75)78(84(3,4)90-67-33-17-7-23-55(67)56-24-8-18-34-68(56)90)80(74(77)50-39-43-52(86)44-40-50)88-64-30-14-10-28-62(64)76-70(88)48-46-60-58-26-12-20-36-72(58)92-82(60)76/h5-48H,1-4H3. The molecule has 19 aromatic rings. The summed E-state index contributed by atoms with van der Waals surface area (Å²) in [7, 11) is 0. The molecule has 0 fully saturated rings. The molecule has 0 aliphatic carbocycles. The fraction of sp³-hybridized carbons (Fsp3) is 0.0714. The minimum absolute atomic E-state index is 0.356. The summed E-state index contributed by atoms with van der Waals surface area (Å²) >= 11 is 0. The molecular formula is C84H56F2N4O2. The van der Waals surface area contributed by atoms with Gasteiger partial charge in [0.15, 0.2) is 0 Å². The highest BCUT2D eigenvalue weighted by Gasteiger charge is 2.44. The number of para-hydroxylation sites is 8. The predicted octanol–water partition coefficient (Wildman–Crippen LogP) is 23.1. The maximum atomic E-state index is 16.3. The second-order valence-electron chi connectivity index (χ2n) is 25.6. The van der Waals surface area contributed by atoms with E-state index < -0.39 is 11.1 Å². The van der Waals surface area contributed by atoms with Crippen LogP contribution in [0.15, 0.2) is 276 Å². The monoisotopic (exact) mass is 1190 g/mol. The molecule has 6 heterocycles. The van der Waals surface area contributed by atoms with Crippen molar-refractivity contribution in [1.82, 2.24) is 18.3 Å². The molecule has 0 bridgehead atoms. The molecule has 0 aliphatic rings. The van der Waals surface area contributed by atoms with Gasteiger partial charge in [0.05, 0.1) is 55.3 Å². The van der Waals surface area contributed by atoms with Crippen molar-refractivity contribution in [2.75, 3.05) is 0 Å². The van der Waals surface area contributed by atoms with Gasteiger partial charge in [-0.25, -0.2) is 8.78 Å². The predicted molar refractivity (Wildman–Crippen MR) is 376 cm³/mol. The maximum absolute atomic E-state index is 16.3. The lowest BCUT2D eigenvalue weighted by molar-refractivity contribution is 0.455. The number of fused-ring (bicyclic) bond motifs is 20. The van der Waals surface area contributed by atoms with Crippen LogP contribution in [0.3, 0.4) is 0 Å². The number of nitrogens with zero attached hydrogens (tertiary/aromatic N) is 4. The first kappa shape index (κ1) is 52.5. The first-order chi connectivity index (χ1) is 45.0. The largest absolute Gasteiger partial charge is 0.455 e. The van der Waals surface area contributed by atoms with E-state index in [2.05, 4.69) is 240 Å². The van der Waals surface area contributed by atoms with Gasteiger partial charge >= 0.3 is 0 Å². The Bertz CT molecular complexity index is 5980. The highest BCUT2D eigenvalue weighted by atomic mass is 19.1. The van der Waals surface area contributed by atoms with E-state index in [-0.39, 0.29) is 11.6 Å². The molecule has 0 N–H and O–H groups in total. The minimum atomic E-state index is -1.05. The van der Waals surface area contributed by atoms with E-state index in [1.165, 1.54) is 0 Å².